The standard InChI is InChI=1S/C28H32ClN3O5S/c1-20(2)30-28(34)21(3)31(18-22-11-8-9-16-26(22)29)27(33)19-32(23-12-10-13-24(17-23)37-4)38(35,36)25-14-6-5-7-15-25/h5-17,20-21H,18-19H2,1-4H3,(H,30,34). The van der Waals surface area contributed by atoms with Crippen LogP contribution in [0.3, 0.4) is 0 Å². The number of hydrogen-bond donors (Lipinski definition) is 1. The molecule has 202 valence electrons. The Bertz CT molecular complexity index is 1370. The van der Waals surface area contributed by atoms with E-state index in [1.165, 1.54) is 24.1 Å². The van der Waals surface area contributed by atoms with Gasteiger partial charge in [-0.15, -0.1) is 0 Å². The average Bonchev–Trinajstić information content (AvgIpc) is 2.90. The highest BCUT2D eigenvalue weighted by atomic mass is 35.5. The Kier molecular flexibility index (Phi) is 9.77. The first-order valence-electron chi connectivity index (χ1n) is 12.1. The monoisotopic (exact) mass is 557 g/mol. The maximum atomic E-state index is 13.9. The maximum Gasteiger partial charge on any atom is 0.264 e. The number of nitrogens with zero attached hydrogens (tertiary/aromatic N) is 2. The van der Waals surface area contributed by atoms with Crippen LogP contribution in [-0.2, 0) is 26.2 Å². The molecule has 3 rings (SSSR count). The van der Waals surface area contributed by atoms with Crippen LogP contribution in [0.1, 0.15) is 26.3 Å². The number of benzene rings is 3. The lowest BCUT2D eigenvalue weighted by atomic mass is 10.1. The number of halogens is 1. The molecule has 2 amide bonds. The molecule has 0 aliphatic carbocycles. The van der Waals surface area contributed by atoms with Crippen LogP contribution in [-0.4, -0.2) is 50.9 Å². The predicted molar refractivity (Wildman–Crippen MR) is 149 cm³/mol. The Morgan fingerprint density at radius 3 is 2.24 bits per heavy atom. The number of amides is 2. The molecule has 0 aromatic heterocycles. The first-order valence-corrected chi connectivity index (χ1v) is 13.9. The predicted octanol–water partition coefficient (Wildman–Crippen LogP) is 4.49. The van der Waals surface area contributed by atoms with E-state index in [4.69, 9.17) is 16.3 Å². The molecule has 1 atom stereocenters. The van der Waals surface area contributed by atoms with Gasteiger partial charge in [-0.3, -0.25) is 13.9 Å². The molecular weight excluding hydrogens is 526 g/mol. The van der Waals surface area contributed by atoms with E-state index in [0.717, 1.165) is 4.31 Å². The van der Waals surface area contributed by atoms with Crippen molar-refractivity contribution in [1.29, 1.82) is 0 Å². The SMILES string of the molecule is COc1cccc(N(CC(=O)N(Cc2ccccc2Cl)C(C)C(=O)NC(C)C)S(=O)(=O)c2ccccc2)c1. The highest BCUT2D eigenvalue weighted by molar-refractivity contribution is 7.92. The van der Waals surface area contributed by atoms with Crippen molar-refractivity contribution < 1.29 is 22.7 Å². The molecule has 0 heterocycles. The maximum absolute atomic E-state index is 13.9. The van der Waals surface area contributed by atoms with E-state index < -0.39 is 28.5 Å². The van der Waals surface area contributed by atoms with Crippen LogP contribution in [0, 0.1) is 0 Å². The van der Waals surface area contributed by atoms with Crippen molar-refractivity contribution in [1.82, 2.24) is 10.2 Å². The number of anilines is 1. The van der Waals surface area contributed by atoms with Crippen molar-refractivity contribution in [3.05, 3.63) is 89.4 Å². The van der Waals surface area contributed by atoms with E-state index in [9.17, 15) is 18.0 Å². The van der Waals surface area contributed by atoms with Gasteiger partial charge in [0.1, 0.15) is 18.3 Å². The zero-order valence-electron chi connectivity index (χ0n) is 21.8. The molecule has 1 unspecified atom stereocenters. The fourth-order valence-electron chi connectivity index (χ4n) is 3.81. The summed E-state index contributed by atoms with van der Waals surface area (Å²) in [4.78, 5) is 28.2. The Hall–Kier alpha value is -3.56. The van der Waals surface area contributed by atoms with E-state index in [-0.39, 0.29) is 29.1 Å². The first kappa shape index (κ1) is 29.0. The number of hydrogen-bond acceptors (Lipinski definition) is 5. The zero-order valence-corrected chi connectivity index (χ0v) is 23.4. The number of carbonyl (C=O) groups is 2. The summed E-state index contributed by atoms with van der Waals surface area (Å²) in [5.74, 6) is -0.501. The third-order valence-corrected chi connectivity index (χ3v) is 8.00. The minimum Gasteiger partial charge on any atom is -0.497 e. The van der Waals surface area contributed by atoms with Gasteiger partial charge in [0.2, 0.25) is 11.8 Å². The topological polar surface area (TPSA) is 96.0 Å². The summed E-state index contributed by atoms with van der Waals surface area (Å²) in [7, 11) is -2.68. The molecule has 38 heavy (non-hydrogen) atoms. The van der Waals surface area contributed by atoms with Crippen LogP contribution >= 0.6 is 11.6 Å². The Morgan fingerprint density at radius 1 is 0.947 bits per heavy atom. The number of sulfonamides is 1. The molecule has 0 fully saturated rings. The third kappa shape index (κ3) is 7.05. The van der Waals surface area contributed by atoms with Crippen molar-refractivity contribution in [2.45, 2.75) is 44.3 Å². The summed E-state index contributed by atoms with van der Waals surface area (Å²) in [6.07, 6.45) is 0. The number of carbonyl (C=O) groups excluding carboxylic acids is 2. The number of rotatable bonds is 11. The Balaban J connectivity index is 2.05. The lowest BCUT2D eigenvalue weighted by Crippen LogP contribution is -2.52. The number of methoxy groups -OCH3 is 1. The van der Waals surface area contributed by atoms with Crippen molar-refractivity contribution in [2.24, 2.45) is 0 Å². The highest BCUT2D eigenvalue weighted by Crippen LogP contribution is 2.28. The molecule has 8 nitrogen and oxygen atoms in total. The summed E-state index contributed by atoms with van der Waals surface area (Å²) in [5.41, 5.74) is 0.879. The van der Waals surface area contributed by atoms with Crippen molar-refractivity contribution in [3.63, 3.8) is 0 Å². The summed E-state index contributed by atoms with van der Waals surface area (Å²) in [6, 6.07) is 20.3. The van der Waals surface area contributed by atoms with Gasteiger partial charge in [-0.05, 0) is 56.7 Å². The van der Waals surface area contributed by atoms with Crippen LogP contribution in [0.25, 0.3) is 0 Å². The zero-order chi connectivity index (χ0) is 27.9. The van der Waals surface area contributed by atoms with E-state index in [0.29, 0.717) is 16.3 Å². The largest absolute Gasteiger partial charge is 0.497 e. The fraction of sp³-hybridized carbons (Fsp3) is 0.286. The molecule has 0 radical (unpaired) electrons. The lowest BCUT2D eigenvalue weighted by molar-refractivity contribution is -0.139. The molecule has 10 heteroatoms. The summed E-state index contributed by atoms with van der Waals surface area (Å²) < 4.78 is 33.9. The number of ether oxygens (including phenoxy) is 1. The van der Waals surface area contributed by atoms with Gasteiger partial charge < -0.3 is 15.0 Å². The van der Waals surface area contributed by atoms with Gasteiger partial charge in [0.15, 0.2) is 0 Å². The summed E-state index contributed by atoms with van der Waals surface area (Å²) in [5, 5.41) is 3.25. The molecule has 0 saturated carbocycles. The normalized spacial score (nSPS) is 12.1. The molecule has 1 N–H and O–H groups in total. The highest BCUT2D eigenvalue weighted by Gasteiger charge is 2.33. The van der Waals surface area contributed by atoms with Crippen LogP contribution in [0.15, 0.2) is 83.8 Å². The van der Waals surface area contributed by atoms with Crippen LogP contribution in [0.5, 0.6) is 5.75 Å². The second-order valence-electron chi connectivity index (χ2n) is 8.98. The average molecular weight is 558 g/mol. The van der Waals surface area contributed by atoms with E-state index in [1.807, 2.05) is 13.8 Å². The smallest absolute Gasteiger partial charge is 0.264 e. The van der Waals surface area contributed by atoms with Crippen LogP contribution in [0.2, 0.25) is 5.02 Å². The fourth-order valence-corrected chi connectivity index (χ4v) is 5.43. The van der Waals surface area contributed by atoms with E-state index in [1.54, 1.807) is 73.7 Å². The van der Waals surface area contributed by atoms with Crippen molar-refractivity contribution >= 4 is 39.1 Å². The minimum absolute atomic E-state index is 0.0164. The van der Waals surface area contributed by atoms with Gasteiger partial charge in [-0.1, -0.05) is 54.1 Å². The van der Waals surface area contributed by atoms with Gasteiger partial charge in [0.05, 0.1) is 17.7 Å². The molecule has 0 saturated heterocycles. The van der Waals surface area contributed by atoms with E-state index >= 15 is 0 Å². The molecule has 0 aliphatic rings. The van der Waals surface area contributed by atoms with Gasteiger partial charge in [-0.25, -0.2) is 8.42 Å². The van der Waals surface area contributed by atoms with Gasteiger partial charge >= 0.3 is 0 Å². The molecule has 0 bridgehead atoms. The molecule has 3 aromatic rings. The second kappa shape index (κ2) is 12.8. The second-order valence-corrected chi connectivity index (χ2v) is 11.2. The Labute approximate surface area is 229 Å². The lowest BCUT2D eigenvalue weighted by Gasteiger charge is -2.32. The van der Waals surface area contributed by atoms with Gasteiger partial charge in [-0.2, -0.15) is 0 Å². The van der Waals surface area contributed by atoms with Crippen LogP contribution < -0.4 is 14.4 Å². The molecule has 0 aliphatic heterocycles. The molecule has 3 aromatic carbocycles. The van der Waals surface area contributed by atoms with E-state index in [2.05, 4.69) is 5.32 Å². The first-order chi connectivity index (χ1) is 18.0. The third-order valence-electron chi connectivity index (χ3n) is 5.85. The summed E-state index contributed by atoms with van der Waals surface area (Å²) in [6.45, 7) is 4.72. The summed E-state index contributed by atoms with van der Waals surface area (Å²) >= 11 is 6.37. The van der Waals surface area contributed by atoms with Crippen molar-refractivity contribution in [3.8, 4) is 5.75 Å². The van der Waals surface area contributed by atoms with Gasteiger partial charge in [0.25, 0.3) is 10.0 Å². The molecular formula is C28H32ClN3O5S. The van der Waals surface area contributed by atoms with Crippen LogP contribution in [0.4, 0.5) is 5.69 Å². The minimum atomic E-state index is -4.15. The Morgan fingerprint density at radius 2 is 1.61 bits per heavy atom. The number of nitrogens with one attached hydrogen (secondary N) is 1. The van der Waals surface area contributed by atoms with Gasteiger partial charge in [0, 0.05) is 23.7 Å². The van der Waals surface area contributed by atoms with Crippen molar-refractivity contribution in [2.75, 3.05) is 18.0 Å². The quantitative estimate of drug-likeness (QED) is 0.375. The molecule has 0 spiro atoms.